The minimum absolute atomic E-state index is 0.0249. The van der Waals surface area contributed by atoms with Gasteiger partial charge in [0, 0.05) is 28.8 Å². The van der Waals surface area contributed by atoms with Crippen LogP contribution in [0, 0.1) is 5.92 Å². The highest BCUT2D eigenvalue weighted by Gasteiger charge is 2.31. The number of anilines is 1. The van der Waals surface area contributed by atoms with Crippen molar-refractivity contribution in [2.45, 2.75) is 38.5 Å². The van der Waals surface area contributed by atoms with Gasteiger partial charge in [-0.2, -0.15) is 9.61 Å². The fourth-order valence-corrected chi connectivity index (χ4v) is 4.84. The smallest absolute Gasteiger partial charge is 0.306 e. The Morgan fingerprint density at radius 1 is 1.00 bits per heavy atom. The van der Waals surface area contributed by atoms with Crippen LogP contribution in [0.25, 0.3) is 28.0 Å². The zero-order valence-corrected chi connectivity index (χ0v) is 18.8. The van der Waals surface area contributed by atoms with Gasteiger partial charge >= 0.3 is 5.97 Å². The Kier molecular flexibility index (Phi) is 5.57. The molecule has 5 rings (SSSR count). The topological polar surface area (TPSA) is 123 Å². The molecule has 3 N–H and O–H groups in total. The van der Waals surface area contributed by atoms with Crippen LogP contribution in [0.5, 0.6) is 0 Å². The predicted molar refractivity (Wildman–Crippen MR) is 128 cm³/mol. The van der Waals surface area contributed by atoms with Crippen LogP contribution >= 0.6 is 0 Å². The van der Waals surface area contributed by atoms with Crippen LogP contribution in [0.3, 0.4) is 0 Å². The summed E-state index contributed by atoms with van der Waals surface area (Å²) in [4.78, 5) is 33.4. The Hall–Kier alpha value is -4.07. The second-order valence-corrected chi connectivity index (χ2v) is 8.79. The number of ketones is 1. The first kappa shape index (κ1) is 21.8. The standard InChI is InChI=1S/C26H25N5O3/c1-15(32)22-23(17-7-9-18(10-8-17)26(33)34)30-25-20(14-29-31(25)24(22)27)19-11-12-21(28-13-19)16-5-3-2-4-6-16/h2-6,11-14,17-18H,7-10,27H2,1H3,(H,33,34)/t17-,18-. The summed E-state index contributed by atoms with van der Waals surface area (Å²) < 4.78 is 1.50. The lowest BCUT2D eigenvalue weighted by Crippen LogP contribution is -2.23. The molecule has 4 aromatic rings. The maximum absolute atomic E-state index is 12.5. The van der Waals surface area contributed by atoms with E-state index in [2.05, 4.69) is 10.1 Å². The van der Waals surface area contributed by atoms with Gasteiger partial charge in [-0.15, -0.1) is 0 Å². The van der Waals surface area contributed by atoms with E-state index in [0.717, 1.165) is 22.4 Å². The molecule has 1 saturated carbocycles. The van der Waals surface area contributed by atoms with E-state index in [-0.39, 0.29) is 23.4 Å². The third-order valence-corrected chi connectivity index (χ3v) is 6.67. The van der Waals surface area contributed by atoms with Crippen LogP contribution in [0.1, 0.15) is 54.6 Å². The largest absolute Gasteiger partial charge is 0.481 e. The van der Waals surface area contributed by atoms with Gasteiger partial charge in [0.1, 0.15) is 5.82 Å². The summed E-state index contributed by atoms with van der Waals surface area (Å²) in [6.45, 7) is 1.47. The number of benzene rings is 1. The van der Waals surface area contributed by atoms with E-state index < -0.39 is 5.97 Å². The molecule has 3 heterocycles. The number of nitrogen functional groups attached to an aromatic ring is 1. The van der Waals surface area contributed by atoms with Gasteiger partial charge < -0.3 is 10.8 Å². The zero-order chi connectivity index (χ0) is 23.8. The summed E-state index contributed by atoms with van der Waals surface area (Å²) in [5.74, 6) is -1.06. The van der Waals surface area contributed by atoms with E-state index >= 15 is 0 Å². The lowest BCUT2D eigenvalue weighted by Gasteiger charge is -2.27. The summed E-state index contributed by atoms with van der Waals surface area (Å²) in [6, 6.07) is 13.9. The minimum Gasteiger partial charge on any atom is -0.481 e. The molecule has 1 aliphatic carbocycles. The first-order chi connectivity index (χ1) is 16.4. The van der Waals surface area contributed by atoms with Gasteiger partial charge in [-0.05, 0) is 38.7 Å². The van der Waals surface area contributed by atoms with Gasteiger partial charge in [0.05, 0.1) is 29.1 Å². The van der Waals surface area contributed by atoms with Crippen molar-refractivity contribution in [1.29, 1.82) is 0 Å². The fraction of sp³-hybridized carbons (Fsp3) is 0.269. The zero-order valence-electron chi connectivity index (χ0n) is 18.8. The molecule has 3 aromatic heterocycles. The van der Waals surface area contributed by atoms with Crippen LogP contribution in [-0.4, -0.2) is 36.4 Å². The average molecular weight is 456 g/mol. The third-order valence-electron chi connectivity index (χ3n) is 6.67. The fourth-order valence-electron chi connectivity index (χ4n) is 4.84. The lowest BCUT2D eigenvalue weighted by atomic mass is 9.79. The molecule has 34 heavy (non-hydrogen) atoms. The number of nitrogens with zero attached hydrogens (tertiary/aromatic N) is 4. The molecule has 0 saturated heterocycles. The number of hydrogen-bond acceptors (Lipinski definition) is 6. The molecule has 1 aliphatic rings. The monoisotopic (exact) mass is 455 g/mol. The van der Waals surface area contributed by atoms with E-state index in [9.17, 15) is 14.7 Å². The summed E-state index contributed by atoms with van der Waals surface area (Å²) in [7, 11) is 0. The number of rotatable bonds is 5. The van der Waals surface area contributed by atoms with Crippen molar-refractivity contribution in [3.8, 4) is 22.4 Å². The van der Waals surface area contributed by atoms with Gasteiger partial charge in [-0.3, -0.25) is 14.6 Å². The molecule has 0 aliphatic heterocycles. The van der Waals surface area contributed by atoms with Crippen LogP contribution < -0.4 is 5.73 Å². The van der Waals surface area contributed by atoms with Crippen LogP contribution in [0.2, 0.25) is 0 Å². The molecule has 1 fully saturated rings. The predicted octanol–water partition coefficient (Wildman–Crippen LogP) is 4.60. The quantitative estimate of drug-likeness (QED) is 0.421. The first-order valence-electron chi connectivity index (χ1n) is 11.4. The Morgan fingerprint density at radius 2 is 1.74 bits per heavy atom. The highest BCUT2D eigenvalue weighted by Crippen LogP contribution is 2.39. The number of carboxylic acid groups (broad SMARTS) is 1. The molecule has 0 bridgehead atoms. The number of fused-ring (bicyclic) bond motifs is 1. The summed E-state index contributed by atoms with van der Waals surface area (Å²) in [5, 5.41) is 13.8. The minimum atomic E-state index is -0.766. The number of Topliss-reactive ketones (excluding diaryl/α,β-unsaturated/α-hetero) is 1. The highest BCUT2D eigenvalue weighted by atomic mass is 16.4. The number of pyridine rings is 1. The summed E-state index contributed by atoms with van der Waals surface area (Å²) >= 11 is 0. The van der Waals surface area contributed by atoms with Crippen LogP contribution in [-0.2, 0) is 4.79 Å². The molecule has 1 aromatic carbocycles. The van der Waals surface area contributed by atoms with Crippen molar-refractivity contribution in [1.82, 2.24) is 19.6 Å². The number of carbonyl (C=O) groups excluding carboxylic acids is 1. The molecule has 8 nitrogen and oxygen atoms in total. The maximum atomic E-state index is 12.5. The van der Waals surface area contributed by atoms with E-state index in [4.69, 9.17) is 10.7 Å². The Labute approximate surface area is 196 Å². The molecule has 8 heteroatoms. The second-order valence-electron chi connectivity index (χ2n) is 8.79. The van der Waals surface area contributed by atoms with Crippen molar-refractivity contribution in [3.05, 3.63) is 66.1 Å². The van der Waals surface area contributed by atoms with Crippen molar-refractivity contribution >= 4 is 23.2 Å². The molecule has 0 atom stereocenters. The number of carboxylic acids is 1. The van der Waals surface area contributed by atoms with Gasteiger partial charge in [-0.25, -0.2) is 4.98 Å². The van der Waals surface area contributed by atoms with Gasteiger partial charge in [0.2, 0.25) is 0 Å². The molecular weight excluding hydrogens is 430 g/mol. The number of carbonyl (C=O) groups is 2. The molecule has 0 unspecified atom stereocenters. The molecule has 0 spiro atoms. The van der Waals surface area contributed by atoms with Crippen molar-refractivity contribution in [3.63, 3.8) is 0 Å². The normalized spacial score (nSPS) is 18.1. The average Bonchev–Trinajstić information content (AvgIpc) is 3.29. The summed E-state index contributed by atoms with van der Waals surface area (Å²) in [5.41, 5.74) is 11.5. The maximum Gasteiger partial charge on any atom is 0.306 e. The van der Waals surface area contributed by atoms with E-state index in [0.29, 0.717) is 42.6 Å². The highest BCUT2D eigenvalue weighted by molar-refractivity contribution is 6.00. The Morgan fingerprint density at radius 3 is 2.35 bits per heavy atom. The first-order valence-corrected chi connectivity index (χ1v) is 11.4. The Bertz CT molecular complexity index is 1370. The van der Waals surface area contributed by atoms with E-state index in [1.807, 2.05) is 42.5 Å². The second kappa shape index (κ2) is 8.70. The number of hydrogen-bond donors (Lipinski definition) is 2. The van der Waals surface area contributed by atoms with E-state index in [1.165, 1.54) is 11.4 Å². The number of aliphatic carboxylic acids is 1. The molecule has 0 radical (unpaired) electrons. The third kappa shape index (κ3) is 3.81. The number of aromatic nitrogens is 4. The lowest BCUT2D eigenvalue weighted by molar-refractivity contribution is -0.142. The summed E-state index contributed by atoms with van der Waals surface area (Å²) in [6.07, 6.45) is 5.89. The van der Waals surface area contributed by atoms with Crippen molar-refractivity contribution < 1.29 is 14.7 Å². The van der Waals surface area contributed by atoms with Crippen LogP contribution in [0.4, 0.5) is 5.82 Å². The van der Waals surface area contributed by atoms with Gasteiger partial charge in [-0.1, -0.05) is 36.4 Å². The molecule has 172 valence electrons. The van der Waals surface area contributed by atoms with Crippen LogP contribution in [0.15, 0.2) is 54.9 Å². The SMILES string of the molecule is CC(=O)c1c(N)n2ncc(-c3ccc(-c4ccccc4)nc3)c2nc1[C@H]1CC[C@H](C(=O)O)CC1. The van der Waals surface area contributed by atoms with Gasteiger partial charge in [0.25, 0.3) is 0 Å². The van der Waals surface area contributed by atoms with E-state index in [1.54, 1.807) is 12.4 Å². The van der Waals surface area contributed by atoms with Crippen molar-refractivity contribution in [2.75, 3.05) is 5.73 Å². The molecular formula is C26H25N5O3. The number of nitrogens with two attached hydrogens (primary N) is 1. The Balaban J connectivity index is 1.56. The molecule has 0 amide bonds. The van der Waals surface area contributed by atoms with Gasteiger partial charge in [0.15, 0.2) is 11.4 Å². The van der Waals surface area contributed by atoms with Crippen molar-refractivity contribution in [2.24, 2.45) is 5.92 Å².